The van der Waals surface area contributed by atoms with E-state index in [0.29, 0.717) is 18.7 Å². The monoisotopic (exact) mass is 415 g/mol. The molecule has 0 aliphatic carbocycles. The zero-order valence-corrected chi connectivity index (χ0v) is 16.1. The zero-order valence-electron chi connectivity index (χ0n) is 16.1. The molecule has 0 atom stereocenters. The quantitative estimate of drug-likeness (QED) is 0.637. The summed E-state index contributed by atoms with van der Waals surface area (Å²) < 4.78 is 43.4. The first-order chi connectivity index (χ1) is 14.4. The molecular weight excluding hydrogens is 395 g/mol. The van der Waals surface area contributed by atoms with E-state index < -0.39 is 11.7 Å². The molecule has 8 heteroatoms. The Hall–Kier alpha value is -3.13. The maximum atomic E-state index is 12.7. The highest BCUT2D eigenvalue weighted by Gasteiger charge is 2.30. The maximum Gasteiger partial charge on any atom is 0.416 e. The van der Waals surface area contributed by atoms with Gasteiger partial charge in [0.2, 0.25) is 5.89 Å². The van der Waals surface area contributed by atoms with E-state index in [2.05, 4.69) is 22.0 Å². The molecule has 0 spiro atoms. The van der Waals surface area contributed by atoms with E-state index in [1.807, 2.05) is 18.2 Å². The number of nitrogens with zero attached hydrogens (tertiary/aromatic N) is 3. The van der Waals surface area contributed by atoms with Crippen molar-refractivity contribution in [2.24, 2.45) is 0 Å². The van der Waals surface area contributed by atoms with Gasteiger partial charge < -0.3 is 9.32 Å². The molecule has 1 amide bonds. The molecule has 30 heavy (non-hydrogen) atoms. The number of alkyl halides is 3. The minimum atomic E-state index is -4.40. The van der Waals surface area contributed by atoms with Crippen molar-refractivity contribution in [1.29, 1.82) is 0 Å². The average molecular weight is 415 g/mol. The molecule has 156 valence electrons. The molecule has 1 fully saturated rings. The summed E-state index contributed by atoms with van der Waals surface area (Å²) >= 11 is 0. The highest BCUT2D eigenvalue weighted by Crippen LogP contribution is 2.30. The van der Waals surface area contributed by atoms with Crippen molar-refractivity contribution in [2.45, 2.75) is 12.7 Å². The van der Waals surface area contributed by atoms with Gasteiger partial charge in [0.15, 0.2) is 5.69 Å². The van der Waals surface area contributed by atoms with Crippen LogP contribution in [0, 0.1) is 0 Å². The first-order valence-corrected chi connectivity index (χ1v) is 9.59. The van der Waals surface area contributed by atoms with Gasteiger partial charge in [0.1, 0.15) is 6.26 Å². The van der Waals surface area contributed by atoms with Crippen molar-refractivity contribution in [3.63, 3.8) is 0 Å². The SMILES string of the molecule is O=C(c1coc(-c2ccc(C(F)(F)F)cc2)n1)N1CCN(Cc2ccccc2)CC1. The largest absolute Gasteiger partial charge is 0.444 e. The van der Waals surface area contributed by atoms with E-state index in [0.717, 1.165) is 31.8 Å². The fraction of sp³-hybridized carbons (Fsp3) is 0.273. The van der Waals surface area contributed by atoms with Gasteiger partial charge in [-0.2, -0.15) is 13.2 Å². The third-order valence-corrected chi connectivity index (χ3v) is 5.09. The summed E-state index contributed by atoms with van der Waals surface area (Å²) in [5.74, 6) is -0.119. The number of carbonyl (C=O) groups is 1. The number of oxazole rings is 1. The van der Waals surface area contributed by atoms with Gasteiger partial charge >= 0.3 is 6.18 Å². The summed E-state index contributed by atoms with van der Waals surface area (Å²) in [6.45, 7) is 3.50. The van der Waals surface area contributed by atoms with Crippen molar-refractivity contribution in [3.05, 3.63) is 77.7 Å². The molecule has 0 bridgehead atoms. The third-order valence-electron chi connectivity index (χ3n) is 5.09. The second kappa shape index (κ2) is 8.31. The Kier molecular flexibility index (Phi) is 5.59. The molecule has 1 aromatic heterocycles. The van der Waals surface area contributed by atoms with Crippen molar-refractivity contribution < 1.29 is 22.4 Å². The predicted molar refractivity (Wildman–Crippen MR) is 105 cm³/mol. The summed E-state index contributed by atoms with van der Waals surface area (Å²) in [6, 6.07) is 14.7. The Balaban J connectivity index is 1.36. The Bertz CT molecular complexity index is 992. The second-order valence-corrected chi connectivity index (χ2v) is 7.17. The summed E-state index contributed by atoms with van der Waals surface area (Å²) in [7, 11) is 0. The van der Waals surface area contributed by atoms with E-state index in [4.69, 9.17) is 4.42 Å². The van der Waals surface area contributed by atoms with Gasteiger partial charge in [0.05, 0.1) is 5.56 Å². The number of hydrogen-bond acceptors (Lipinski definition) is 4. The number of aromatic nitrogens is 1. The van der Waals surface area contributed by atoms with Gasteiger partial charge in [-0.1, -0.05) is 30.3 Å². The lowest BCUT2D eigenvalue weighted by Crippen LogP contribution is -2.48. The molecule has 3 aromatic rings. The van der Waals surface area contributed by atoms with E-state index in [1.54, 1.807) is 4.90 Å². The van der Waals surface area contributed by atoms with Gasteiger partial charge in [0.25, 0.3) is 5.91 Å². The van der Waals surface area contributed by atoms with Crippen LogP contribution in [0.2, 0.25) is 0 Å². The number of hydrogen-bond donors (Lipinski definition) is 0. The van der Waals surface area contributed by atoms with Crippen molar-refractivity contribution >= 4 is 5.91 Å². The molecule has 2 aromatic carbocycles. The number of halogens is 3. The normalized spacial score (nSPS) is 15.4. The standard InChI is InChI=1S/C22H20F3N3O2/c23-22(24,25)18-8-6-17(7-9-18)20-26-19(15-30-20)21(29)28-12-10-27(11-13-28)14-16-4-2-1-3-5-16/h1-9,15H,10-14H2. The lowest BCUT2D eigenvalue weighted by molar-refractivity contribution is -0.137. The molecule has 1 saturated heterocycles. The van der Waals surface area contributed by atoms with Crippen LogP contribution in [0.25, 0.3) is 11.5 Å². The number of benzene rings is 2. The Morgan fingerprint density at radius 3 is 2.27 bits per heavy atom. The highest BCUT2D eigenvalue weighted by molar-refractivity contribution is 5.92. The van der Waals surface area contributed by atoms with Gasteiger partial charge in [-0.25, -0.2) is 4.98 Å². The second-order valence-electron chi connectivity index (χ2n) is 7.17. The molecule has 0 saturated carbocycles. The summed E-state index contributed by atoms with van der Waals surface area (Å²) in [6.07, 6.45) is -3.15. The highest BCUT2D eigenvalue weighted by atomic mass is 19.4. The fourth-order valence-electron chi connectivity index (χ4n) is 3.42. The smallest absolute Gasteiger partial charge is 0.416 e. The Morgan fingerprint density at radius 2 is 1.63 bits per heavy atom. The molecule has 1 aliphatic heterocycles. The molecule has 2 heterocycles. The van der Waals surface area contributed by atoms with Crippen LogP contribution in [0.3, 0.4) is 0 Å². The van der Waals surface area contributed by atoms with Gasteiger partial charge in [0, 0.05) is 38.3 Å². The molecule has 0 N–H and O–H groups in total. The topological polar surface area (TPSA) is 49.6 Å². The van der Waals surface area contributed by atoms with Crippen LogP contribution < -0.4 is 0 Å². The van der Waals surface area contributed by atoms with E-state index >= 15 is 0 Å². The van der Waals surface area contributed by atoms with Crippen LogP contribution in [0.1, 0.15) is 21.6 Å². The number of piperazine rings is 1. The minimum absolute atomic E-state index is 0.120. The van der Waals surface area contributed by atoms with Gasteiger partial charge in [-0.05, 0) is 29.8 Å². The first-order valence-electron chi connectivity index (χ1n) is 9.59. The Labute approximate surface area is 171 Å². The zero-order chi connectivity index (χ0) is 21.1. The van der Waals surface area contributed by atoms with Crippen LogP contribution in [0.15, 0.2) is 65.3 Å². The van der Waals surface area contributed by atoms with Crippen molar-refractivity contribution in [1.82, 2.24) is 14.8 Å². The number of carbonyl (C=O) groups excluding carboxylic acids is 1. The summed E-state index contributed by atoms with van der Waals surface area (Å²) in [5, 5.41) is 0. The Morgan fingerprint density at radius 1 is 0.967 bits per heavy atom. The minimum Gasteiger partial charge on any atom is -0.444 e. The number of rotatable bonds is 4. The summed E-state index contributed by atoms with van der Waals surface area (Å²) in [4.78, 5) is 20.9. The van der Waals surface area contributed by atoms with Gasteiger partial charge in [-0.3, -0.25) is 9.69 Å². The van der Waals surface area contributed by atoms with E-state index in [-0.39, 0.29) is 17.5 Å². The van der Waals surface area contributed by atoms with Crippen molar-refractivity contribution in [2.75, 3.05) is 26.2 Å². The molecular formula is C22H20F3N3O2. The molecule has 0 unspecified atom stereocenters. The van der Waals surface area contributed by atoms with E-state index in [1.165, 1.54) is 24.0 Å². The van der Waals surface area contributed by atoms with Gasteiger partial charge in [-0.15, -0.1) is 0 Å². The molecule has 0 radical (unpaired) electrons. The van der Waals surface area contributed by atoms with Crippen LogP contribution in [0.4, 0.5) is 13.2 Å². The van der Waals surface area contributed by atoms with E-state index in [9.17, 15) is 18.0 Å². The number of amides is 1. The molecule has 5 nitrogen and oxygen atoms in total. The lowest BCUT2D eigenvalue weighted by Gasteiger charge is -2.34. The van der Waals surface area contributed by atoms with Crippen molar-refractivity contribution in [3.8, 4) is 11.5 Å². The first kappa shape index (κ1) is 20.2. The van der Waals surface area contributed by atoms with Crippen LogP contribution in [-0.4, -0.2) is 46.9 Å². The molecule has 4 rings (SSSR count). The van der Waals surface area contributed by atoms with Crippen LogP contribution >= 0.6 is 0 Å². The third kappa shape index (κ3) is 4.54. The summed E-state index contributed by atoms with van der Waals surface area (Å²) in [5.41, 5.74) is 1.02. The average Bonchev–Trinajstić information content (AvgIpc) is 3.24. The molecule has 1 aliphatic rings. The van der Waals surface area contributed by atoms with Crippen LogP contribution in [-0.2, 0) is 12.7 Å². The fourth-order valence-corrected chi connectivity index (χ4v) is 3.42. The lowest BCUT2D eigenvalue weighted by atomic mass is 10.1. The van der Waals surface area contributed by atoms with Crippen LogP contribution in [0.5, 0.6) is 0 Å². The predicted octanol–water partition coefficient (Wildman–Crippen LogP) is 4.32. The maximum absolute atomic E-state index is 12.7.